The molecule has 1 aromatic rings. The van der Waals surface area contributed by atoms with E-state index in [1.54, 1.807) is 0 Å². The van der Waals surface area contributed by atoms with Crippen molar-refractivity contribution in [2.75, 3.05) is 19.6 Å². The standard InChI is InChI=1S/C18H26FN/c1-12-5-7-13(8-6-12)16(19)11-20-9-14-15(10-20)17(14)18(2,3)4/h5-8,14-17H,9-11H2,1-4H3. The topological polar surface area (TPSA) is 3.24 Å². The summed E-state index contributed by atoms with van der Waals surface area (Å²) in [7, 11) is 0. The van der Waals surface area contributed by atoms with Crippen molar-refractivity contribution in [3.63, 3.8) is 0 Å². The smallest absolute Gasteiger partial charge is 0.138 e. The lowest BCUT2D eigenvalue weighted by Crippen LogP contribution is -2.30. The summed E-state index contributed by atoms with van der Waals surface area (Å²) in [6.45, 7) is 11.8. The van der Waals surface area contributed by atoms with E-state index in [0.29, 0.717) is 12.0 Å². The summed E-state index contributed by atoms with van der Waals surface area (Å²) >= 11 is 0. The third-order valence-corrected chi connectivity index (χ3v) is 5.13. The SMILES string of the molecule is Cc1ccc(C(F)CN2CC3C(C2)C3C(C)(C)C)cc1. The number of piperidine rings is 1. The van der Waals surface area contributed by atoms with Gasteiger partial charge in [0.05, 0.1) is 0 Å². The molecule has 2 fully saturated rings. The Kier molecular flexibility index (Phi) is 3.40. The van der Waals surface area contributed by atoms with Crippen LogP contribution in [0.15, 0.2) is 24.3 Å². The first-order valence-corrected chi connectivity index (χ1v) is 7.79. The summed E-state index contributed by atoms with van der Waals surface area (Å²) in [6, 6.07) is 7.85. The maximum absolute atomic E-state index is 14.4. The van der Waals surface area contributed by atoms with Crippen LogP contribution in [0.2, 0.25) is 0 Å². The second-order valence-electron chi connectivity index (χ2n) is 7.82. The molecule has 0 radical (unpaired) electrons. The third kappa shape index (κ3) is 2.63. The number of hydrogen-bond donors (Lipinski definition) is 0. The van der Waals surface area contributed by atoms with Gasteiger partial charge in [-0.3, -0.25) is 4.90 Å². The van der Waals surface area contributed by atoms with Crippen LogP contribution in [0.4, 0.5) is 4.39 Å². The summed E-state index contributed by atoms with van der Waals surface area (Å²) < 4.78 is 14.4. The summed E-state index contributed by atoms with van der Waals surface area (Å²) in [5, 5.41) is 0. The summed E-state index contributed by atoms with van der Waals surface area (Å²) in [5.74, 6) is 2.50. The van der Waals surface area contributed by atoms with Crippen LogP contribution in [0.3, 0.4) is 0 Å². The van der Waals surface area contributed by atoms with E-state index < -0.39 is 6.17 Å². The molecular weight excluding hydrogens is 249 g/mol. The van der Waals surface area contributed by atoms with E-state index in [-0.39, 0.29) is 0 Å². The number of hydrogen-bond acceptors (Lipinski definition) is 1. The molecule has 2 heteroatoms. The van der Waals surface area contributed by atoms with Crippen LogP contribution in [0.25, 0.3) is 0 Å². The quantitative estimate of drug-likeness (QED) is 0.798. The van der Waals surface area contributed by atoms with E-state index in [9.17, 15) is 4.39 Å². The molecule has 3 rings (SSSR count). The minimum Gasteiger partial charge on any atom is -0.300 e. The Morgan fingerprint density at radius 1 is 1.15 bits per heavy atom. The van der Waals surface area contributed by atoms with E-state index in [1.165, 1.54) is 5.56 Å². The predicted molar refractivity (Wildman–Crippen MR) is 81.4 cm³/mol. The number of benzene rings is 1. The van der Waals surface area contributed by atoms with Crippen molar-refractivity contribution in [2.45, 2.75) is 33.9 Å². The molecule has 1 saturated heterocycles. The molecule has 0 N–H and O–H groups in total. The van der Waals surface area contributed by atoms with Gasteiger partial charge >= 0.3 is 0 Å². The van der Waals surface area contributed by atoms with Gasteiger partial charge in [-0.15, -0.1) is 0 Å². The molecule has 0 bridgehead atoms. The van der Waals surface area contributed by atoms with Crippen LogP contribution in [0.1, 0.15) is 38.1 Å². The van der Waals surface area contributed by atoms with Gasteiger partial charge in [0.1, 0.15) is 6.17 Å². The van der Waals surface area contributed by atoms with Crippen molar-refractivity contribution < 1.29 is 4.39 Å². The van der Waals surface area contributed by atoms with Gasteiger partial charge in [-0.1, -0.05) is 50.6 Å². The highest BCUT2D eigenvalue weighted by Gasteiger charge is 2.59. The summed E-state index contributed by atoms with van der Waals surface area (Å²) in [5.41, 5.74) is 2.44. The molecule has 1 saturated carbocycles. The number of halogens is 1. The first kappa shape index (κ1) is 14.1. The van der Waals surface area contributed by atoms with Gasteiger partial charge in [0.2, 0.25) is 0 Å². The molecule has 1 heterocycles. The Hall–Kier alpha value is -0.890. The molecule has 1 aliphatic carbocycles. The molecule has 20 heavy (non-hydrogen) atoms. The molecule has 0 amide bonds. The van der Waals surface area contributed by atoms with E-state index in [0.717, 1.165) is 36.4 Å². The van der Waals surface area contributed by atoms with Crippen molar-refractivity contribution in [1.29, 1.82) is 0 Å². The fourth-order valence-electron chi connectivity index (χ4n) is 4.15. The lowest BCUT2D eigenvalue weighted by Gasteiger charge is -2.26. The lowest BCUT2D eigenvalue weighted by molar-refractivity contribution is 0.178. The molecule has 0 spiro atoms. The number of alkyl halides is 1. The largest absolute Gasteiger partial charge is 0.300 e. The Labute approximate surface area is 122 Å². The first-order valence-electron chi connectivity index (χ1n) is 7.79. The highest BCUT2D eigenvalue weighted by Crippen LogP contribution is 2.59. The zero-order chi connectivity index (χ0) is 14.5. The normalized spacial score (nSPS) is 31.1. The van der Waals surface area contributed by atoms with Gasteiger partial charge in [0, 0.05) is 19.6 Å². The Balaban J connectivity index is 1.53. The molecule has 3 unspecified atom stereocenters. The maximum Gasteiger partial charge on any atom is 0.138 e. The van der Waals surface area contributed by atoms with Gasteiger partial charge in [0.15, 0.2) is 0 Å². The summed E-state index contributed by atoms with van der Waals surface area (Å²) in [4.78, 5) is 2.32. The lowest BCUT2D eigenvalue weighted by atomic mass is 9.87. The average Bonchev–Trinajstić information content (AvgIpc) is 2.89. The van der Waals surface area contributed by atoms with Crippen LogP contribution < -0.4 is 0 Å². The van der Waals surface area contributed by atoms with E-state index in [1.807, 2.05) is 31.2 Å². The molecule has 110 valence electrons. The van der Waals surface area contributed by atoms with Gasteiger partial charge in [-0.2, -0.15) is 0 Å². The number of nitrogens with zero attached hydrogens (tertiary/aromatic N) is 1. The first-order chi connectivity index (χ1) is 9.36. The zero-order valence-electron chi connectivity index (χ0n) is 13.1. The van der Waals surface area contributed by atoms with E-state index >= 15 is 0 Å². The minimum atomic E-state index is -0.846. The number of rotatable bonds is 3. The fraction of sp³-hybridized carbons (Fsp3) is 0.667. The molecule has 1 nitrogen and oxygen atoms in total. The van der Waals surface area contributed by atoms with Crippen molar-refractivity contribution in [2.24, 2.45) is 23.2 Å². The van der Waals surface area contributed by atoms with Crippen LogP contribution >= 0.6 is 0 Å². The molecule has 3 atom stereocenters. The Morgan fingerprint density at radius 2 is 1.70 bits per heavy atom. The van der Waals surface area contributed by atoms with Crippen molar-refractivity contribution in [3.05, 3.63) is 35.4 Å². The molecule has 0 aromatic heterocycles. The predicted octanol–water partition coefficient (Wildman–Crippen LogP) is 4.23. The molecule has 2 aliphatic rings. The van der Waals surface area contributed by atoms with Crippen molar-refractivity contribution >= 4 is 0 Å². The third-order valence-electron chi connectivity index (χ3n) is 5.13. The number of aryl methyl sites for hydroxylation is 1. The Morgan fingerprint density at radius 3 is 2.20 bits per heavy atom. The highest BCUT2D eigenvalue weighted by molar-refractivity contribution is 5.23. The average molecular weight is 275 g/mol. The zero-order valence-corrected chi connectivity index (χ0v) is 13.1. The van der Waals surface area contributed by atoms with Crippen molar-refractivity contribution in [1.82, 2.24) is 4.90 Å². The number of likely N-dealkylation sites (tertiary alicyclic amines) is 1. The van der Waals surface area contributed by atoms with Gasteiger partial charge in [0.25, 0.3) is 0 Å². The van der Waals surface area contributed by atoms with Gasteiger partial charge in [-0.25, -0.2) is 4.39 Å². The van der Waals surface area contributed by atoms with Crippen LogP contribution in [-0.2, 0) is 0 Å². The van der Waals surface area contributed by atoms with E-state index in [4.69, 9.17) is 0 Å². The summed E-state index contributed by atoms with van der Waals surface area (Å²) in [6.07, 6.45) is -0.846. The monoisotopic (exact) mass is 275 g/mol. The minimum absolute atomic E-state index is 0.424. The second kappa shape index (κ2) is 4.84. The van der Waals surface area contributed by atoms with Gasteiger partial charge < -0.3 is 0 Å². The Bertz CT molecular complexity index is 461. The fourth-order valence-corrected chi connectivity index (χ4v) is 4.15. The van der Waals surface area contributed by atoms with Crippen LogP contribution in [-0.4, -0.2) is 24.5 Å². The molecular formula is C18H26FN. The number of fused-ring (bicyclic) bond motifs is 1. The molecule has 1 aliphatic heterocycles. The van der Waals surface area contributed by atoms with Crippen LogP contribution in [0.5, 0.6) is 0 Å². The highest BCUT2D eigenvalue weighted by atomic mass is 19.1. The molecule has 1 aromatic carbocycles. The maximum atomic E-state index is 14.4. The van der Waals surface area contributed by atoms with Crippen LogP contribution in [0, 0.1) is 30.1 Å². The van der Waals surface area contributed by atoms with Gasteiger partial charge in [-0.05, 0) is 35.7 Å². The van der Waals surface area contributed by atoms with Crippen molar-refractivity contribution in [3.8, 4) is 0 Å². The second-order valence-corrected chi connectivity index (χ2v) is 7.82. The van der Waals surface area contributed by atoms with E-state index in [2.05, 4.69) is 25.7 Å².